The number of carbonyl (C=O) groups excluding carboxylic acids is 1. The molecule has 8 aromatic rings. The summed E-state index contributed by atoms with van der Waals surface area (Å²) in [6.07, 6.45) is 7.29. The van der Waals surface area contributed by atoms with Crippen molar-refractivity contribution in [3.8, 4) is 33.8 Å². The van der Waals surface area contributed by atoms with Crippen LogP contribution in [0.15, 0.2) is 55.1 Å². The predicted octanol–water partition coefficient (Wildman–Crippen LogP) is 7.43. The van der Waals surface area contributed by atoms with E-state index in [9.17, 15) is 15.0 Å². The number of nitrogens with one attached hydrogen (secondary N) is 2. The van der Waals surface area contributed by atoms with E-state index in [0.717, 1.165) is 84.9 Å². The maximum absolute atomic E-state index is 12.7. The predicted molar refractivity (Wildman–Crippen MR) is 213 cm³/mol. The third-order valence-electron chi connectivity index (χ3n) is 10.9. The normalized spacial score (nSPS) is 13.0. The molecule has 1 saturated carbocycles. The number of hydrogen-bond donors (Lipinski definition) is 4. The van der Waals surface area contributed by atoms with Crippen LogP contribution in [0.4, 0.5) is 11.8 Å². The van der Waals surface area contributed by atoms with Crippen molar-refractivity contribution in [1.29, 1.82) is 0 Å². The molecule has 0 saturated heterocycles. The molecule has 1 fully saturated rings. The molecule has 1 aliphatic rings. The van der Waals surface area contributed by atoms with E-state index in [-0.39, 0.29) is 23.3 Å². The zero-order chi connectivity index (χ0) is 38.3. The van der Waals surface area contributed by atoms with Gasteiger partial charge in [0.25, 0.3) is 0 Å². The van der Waals surface area contributed by atoms with Crippen molar-refractivity contribution < 1.29 is 15.0 Å². The summed E-state index contributed by atoms with van der Waals surface area (Å²) in [6.45, 7) is 9.79. The minimum atomic E-state index is -0.0306. The van der Waals surface area contributed by atoms with Crippen LogP contribution in [0.5, 0.6) is 11.5 Å². The molecule has 13 nitrogen and oxygen atoms in total. The van der Waals surface area contributed by atoms with Gasteiger partial charge in [-0.15, -0.1) is 10.2 Å². The highest BCUT2D eigenvalue weighted by molar-refractivity contribution is 6.12. The van der Waals surface area contributed by atoms with Crippen molar-refractivity contribution >= 4 is 56.2 Å². The fraction of sp³-hybridized carbons (Fsp3) is 0.238. The average Bonchev–Trinajstić information content (AvgIpc) is 3.92. The van der Waals surface area contributed by atoms with Crippen molar-refractivity contribution in [3.63, 3.8) is 0 Å². The highest BCUT2D eigenvalue weighted by Gasteiger charge is 2.30. The van der Waals surface area contributed by atoms with Crippen LogP contribution < -0.4 is 10.6 Å². The largest absolute Gasteiger partial charge is 0.508 e. The molecule has 1 aliphatic carbocycles. The Hall–Kier alpha value is -6.76. The van der Waals surface area contributed by atoms with Gasteiger partial charge in [-0.25, -0.2) is 19.9 Å². The molecule has 5 heterocycles. The molecule has 3 aromatic carbocycles. The number of nitrogens with zero attached hydrogens (tertiary/aromatic N) is 8. The molecule has 0 bridgehead atoms. The number of aromatic nitrogens is 8. The van der Waals surface area contributed by atoms with Crippen molar-refractivity contribution in [2.75, 3.05) is 17.7 Å². The lowest BCUT2D eigenvalue weighted by molar-refractivity contribution is -0.117. The molecule has 5 aromatic heterocycles. The Morgan fingerprint density at radius 1 is 0.818 bits per heavy atom. The molecule has 0 unspecified atom stereocenters. The Bertz CT molecular complexity index is 2930. The number of fused-ring (bicyclic) bond motifs is 6. The van der Waals surface area contributed by atoms with Gasteiger partial charge < -0.3 is 20.8 Å². The molecule has 0 spiro atoms. The van der Waals surface area contributed by atoms with Gasteiger partial charge in [0, 0.05) is 59.1 Å². The van der Waals surface area contributed by atoms with Crippen LogP contribution in [-0.2, 0) is 11.2 Å². The number of aryl methyl sites for hydroxylation is 2. The second kappa shape index (κ2) is 12.7. The Kier molecular flexibility index (Phi) is 7.85. The van der Waals surface area contributed by atoms with Gasteiger partial charge in [-0.2, -0.15) is 4.98 Å². The Labute approximate surface area is 315 Å². The smallest absolute Gasteiger partial charge is 0.228 e. The zero-order valence-corrected chi connectivity index (χ0v) is 31.3. The highest BCUT2D eigenvalue weighted by Crippen LogP contribution is 2.42. The van der Waals surface area contributed by atoms with E-state index in [4.69, 9.17) is 9.97 Å². The summed E-state index contributed by atoms with van der Waals surface area (Å²) in [7, 11) is 1.77. The number of anilines is 2. The van der Waals surface area contributed by atoms with E-state index >= 15 is 0 Å². The Morgan fingerprint density at radius 3 is 2.36 bits per heavy atom. The van der Waals surface area contributed by atoms with E-state index < -0.39 is 0 Å². The SMILES string of the molecule is CNc1ncc2cc(-c3c(C)c(O)cc(Cc4nc5c(nc4C)c(-c4c(C)ccc(O)c4C)cc4cnc(NC(=O)C6CC6)cc45)c3C)c3nncn3c2n1. The zero-order valence-electron chi connectivity index (χ0n) is 31.3. The third-order valence-corrected chi connectivity index (χ3v) is 10.9. The van der Waals surface area contributed by atoms with Gasteiger partial charge in [-0.1, -0.05) is 6.07 Å². The minimum absolute atomic E-state index is 0.0245. The van der Waals surface area contributed by atoms with Crippen LogP contribution in [0.2, 0.25) is 0 Å². The number of benzene rings is 3. The number of carbonyl (C=O) groups is 1. The fourth-order valence-electron chi connectivity index (χ4n) is 7.68. The number of pyridine rings is 2. The molecule has 55 heavy (non-hydrogen) atoms. The topological polar surface area (TPSA) is 176 Å². The molecule has 0 radical (unpaired) electrons. The summed E-state index contributed by atoms with van der Waals surface area (Å²) in [6, 6.07) is 11.3. The number of amides is 1. The highest BCUT2D eigenvalue weighted by atomic mass is 16.3. The summed E-state index contributed by atoms with van der Waals surface area (Å²) in [5.74, 6) is 1.28. The van der Waals surface area contributed by atoms with Gasteiger partial charge in [-0.05, 0) is 117 Å². The molecule has 274 valence electrons. The molecular weight excluding hydrogens is 693 g/mol. The summed E-state index contributed by atoms with van der Waals surface area (Å²) < 4.78 is 1.84. The maximum Gasteiger partial charge on any atom is 0.228 e. The van der Waals surface area contributed by atoms with Gasteiger partial charge in [0.15, 0.2) is 11.3 Å². The number of rotatable bonds is 7. The van der Waals surface area contributed by atoms with Crippen molar-refractivity contribution in [1.82, 2.24) is 39.5 Å². The first kappa shape index (κ1) is 34.0. The van der Waals surface area contributed by atoms with Crippen LogP contribution >= 0.6 is 0 Å². The van der Waals surface area contributed by atoms with Gasteiger partial charge in [-0.3, -0.25) is 9.20 Å². The van der Waals surface area contributed by atoms with Crippen molar-refractivity contribution in [2.45, 2.75) is 53.9 Å². The summed E-state index contributed by atoms with van der Waals surface area (Å²) in [5.41, 5.74) is 11.6. The van der Waals surface area contributed by atoms with Crippen molar-refractivity contribution in [2.24, 2.45) is 5.92 Å². The van der Waals surface area contributed by atoms with Crippen LogP contribution in [0.3, 0.4) is 0 Å². The first-order valence-electron chi connectivity index (χ1n) is 18.2. The lowest BCUT2D eigenvalue weighted by Crippen LogP contribution is -2.14. The van der Waals surface area contributed by atoms with E-state index in [1.165, 1.54) is 0 Å². The second-order valence-electron chi connectivity index (χ2n) is 14.5. The van der Waals surface area contributed by atoms with Crippen LogP contribution in [0.25, 0.3) is 60.7 Å². The van der Waals surface area contributed by atoms with Gasteiger partial charge in [0.05, 0.1) is 22.4 Å². The quantitative estimate of drug-likeness (QED) is 0.120. The second-order valence-corrected chi connectivity index (χ2v) is 14.5. The van der Waals surface area contributed by atoms with Gasteiger partial charge in [0.1, 0.15) is 23.6 Å². The maximum atomic E-state index is 12.7. The average molecular weight is 731 g/mol. The molecule has 13 heteroatoms. The van der Waals surface area contributed by atoms with E-state index in [0.29, 0.717) is 46.1 Å². The molecule has 0 atom stereocenters. The summed E-state index contributed by atoms with van der Waals surface area (Å²) >= 11 is 0. The molecular formula is C42H38N10O3. The molecule has 1 amide bonds. The monoisotopic (exact) mass is 730 g/mol. The van der Waals surface area contributed by atoms with Gasteiger partial charge >= 0.3 is 0 Å². The van der Waals surface area contributed by atoms with E-state index in [2.05, 4.69) is 35.8 Å². The fourth-order valence-corrected chi connectivity index (χ4v) is 7.68. The standard InChI is InChI=1S/C42H38N10O3/c1-19-7-10-32(53)21(3)35(19)29-11-26-16-44-34(49-41(55)24-8-9-24)15-28(26)37-38(29)47-23(5)31(48-37)13-25-14-33(54)22(4)36(20(25)2)30-12-27-17-45-42(43-6)50-39(27)52-18-46-51-40(30)52/h7,10-12,14-18,24,53-54H,8-9,13H2,1-6H3,(H,43,45,50)(H,44,49,55). The lowest BCUT2D eigenvalue weighted by atomic mass is 9.89. The number of phenols is 2. The Morgan fingerprint density at radius 2 is 1.58 bits per heavy atom. The number of hydrogen-bond acceptors (Lipinski definition) is 11. The first-order chi connectivity index (χ1) is 26.5. The Balaban J connectivity index is 1.23. The van der Waals surface area contributed by atoms with E-state index in [1.807, 2.05) is 63.3 Å². The molecule has 0 aliphatic heterocycles. The van der Waals surface area contributed by atoms with E-state index in [1.54, 1.807) is 37.9 Å². The summed E-state index contributed by atoms with van der Waals surface area (Å²) in [5, 5.41) is 39.3. The third kappa shape index (κ3) is 5.61. The lowest BCUT2D eigenvalue weighted by Gasteiger charge is -2.19. The van der Waals surface area contributed by atoms with Crippen molar-refractivity contribution in [3.05, 3.63) is 94.3 Å². The van der Waals surface area contributed by atoms with Crippen LogP contribution in [-0.4, -0.2) is 62.7 Å². The van der Waals surface area contributed by atoms with Gasteiger partial charge in [0.2, 0.25) is 11.9 Å². The summed E-state index contributed by atoms with van der Waals surface area (Å²) in [4.78, 5) is 37.0. The van der Waals surface area contributed by atoms with Crippen LogP contribution in [0, 0.1) is 40.5 Å². The first-order valence-corrected chi connectivity index (χ1v) is 18.2. The molecule has 4 N–H and O–H groups in total. The minimum Gasteiger partial charge on any atom is -0.508 e. The number of aromatic hydroxyl groups is 2. The number of phenolic OH excluding ortho intramolecular Hbond substituents is 2. The van der Waals surface area contributed by atoms with Crippen LogP contribution in [0.1, 0.15) is 52.0 Å². The molecule has 9 rings (SSSR count).